The van der Waals surface area contributed by atoms with Crippen molar-refractivity contribution in [3.63, 3.8) is 0 Å². The second-order valence-electron chi connectivity index (χ2n) is 5.55. The Balaban J connectivity index is 2.26. The molecular weight excluding hydrogens is 269 g/mol. The molecule has 0 aliphatic carbocycles. The third-order valence-corrected chi connectivity index (χ3v) is 3.18. The Morgan fingerprint density at radius 2 is 2.05 bits per heavy atom. The first kappa shape index (κ1) is 15.2. The van der Waals surface area contributed by atoms with Gasteiger partial charge in [0.2, 0.25) is 0 Å². The molecule has 0 fully saturated rings. The van der Waals surface area contributed by atoms with E-state index in [1.165, 1.54) is 6.07 Å². The van der Waals surface area contributed by atoms with E-state index in [0.29, 0.717) is 30.4 Å². The largest absolute Gasteiger partial charge is 0.351 e. The summed E-state index contributed by atoms with van der Waals surface area (Å²) >= 11 is 0. The lowest BCUT2D eigenvalue weighted by Gasteiger charge is -2.19. The standard InChI is InChI=1S/C16H20FN3O/c1-12(2)10-20-9-8-18-15(16(20)21)19(3)11-13-6-4-5-7-14(13)17/h4-9,12H,10-11H2,1-3H3. The number of anilines is 1. The summed E-state index contributed by atoms with van der Waals surface area (Å²) < 4.78 is 15.3. The van der Waals surface area contributed by atoms with Gasteiger partial charge in [-0.05, 0) is 12.0 Å². The van der Waals surface area contributed by atoms with Crippen LogP contribution in [0.25, 0.3) is 0 Å². The van der Waals surface area contributed by atoms with Crippen LogP contribution in [0, 0.1) is 11.7 Å². The quantitative estimate of drug-likeness (QED) is 0.849. The molecule has 21 heavy (non-hydrogen) atoms. The van der Waals surface area contributed by atoms with Gasteiger partial charge >= 0.3 is 0 Å². The maximum absolute atomic E-state index is 13.7. The lowest BCUT2D eigenvalue weighted by Crippen LogP contribution is -2.31. The van der Waals surface area contributed by atoms with Crippen molar-refractivity contribution < 1.29 is 4.39 Å². The first-order valence-corrected chi connectivity index (χ1v) is 6.99. The molecular formula is C16H20FN3O. The van der Waals surface area contributed by atoms with Gasteiger partial charge in [-0.2, -0.15) is 0 Å². The molecule has 0 spiro atoms. The van der Waals surface area contributed by atoms with Crippen molar-refractivity contribution in [2.75, 3.05) is 11.9 Å². The van der Waals surface area contributed by atoms with E-state index in [1.807, 2.05) is 0 Å². The molecule has 0 saturated carbocycles. The molecule has 0 amide bonds. The summed E-state index contributed by atoms with van der Waals surface area (Å²) in [4.78, 5) is 18.2. The average molecular weight is 289 g/mol. The van der Waals surface area contributed by atoms with E-state index in [9.17, 15) is 9.18 Å². The lowest BCUT2D eigenvalue weighted by molar-refractivity contribution is 0.508. The van der Waals surface area contributed by atoms with Gasteiger partial charge in [-0.15, -0.1) is 0 Å². The summed E-state index contributed by atoms with van der Waals surface area (Å²) in [5, 5.41) is 0. The summed E-state index contributed by atoms with van der Waals surface area (Å²) in [6.07, 6.45) is 3.29. The van der Waals surface area contributed by atoms with Crippen LogP contribution in [0.3, 0.4) is 0 Å². The highest BCUT2D eigenvalue weighted by atomic mass is 19.1. The third kappa shape index (κ3) is 3.68. The highest BCUT2D eigenvalue weighted by Gasteiger charge is 2.12. The summed E-state index contributed by atoms with van der Waals surface area (Å²) in [7, 11) is 1.75. The molecule has 0 atom stereocenters. The molecule has 1 aromatic heterocycles. The molecule has 0 aliphatic heterocycles. The van der Waals surface area contributed by atoms with Gasteiger partial charge in [0.1, 0.15) is 5.82 Å². The van der Waals surface area contributed by atoms with Gasteiger partial charge in [0, 0.05) is 38.1 Å². The van der Waals surface area contributed by atoms with Crippen molar-refractivity contribution in [1.29, 1.82) is 0 Å². The second kappa shape index (κ2) is 6.52. The molecule has 0 aliphatic rings. The summed E-state index contributed by atoms with van der Waals surface area (Å²) in [6.45, 7) is 5.05. The van der Waals surface area contributed by atoms with Crippen molar-refractivity contribution >= 4 is 5.82 Å². The number of halogens is 1. The van der Waals surface area contributed by atoms with E-state index in [2.05, 4.69) is 18.8 Å². The zero-order valence-corrected chi connectivity index (χ0v) is 12.6. The van der Waals surface area contributed by atoms with E-state index in [0.717, 1.165) is 0 Å². The van der Waals surface area contributed by atoms with Gasteiger partial charge < -0.3 is 9.47 Å². The van der Waals surface area contributed by atoms with Crippen molar-refractivity contribution in [2.24, 2.45) is 5.92 Å². The van der Waals surface area contributed by atoms with Crippen molar-refractivity contribution in [3.05, 3.63) is 58.4 Å². The molecule has 1 aromatic carbocycles. The Kier molecular flexibility index (Phi) is 4.73. The van der Waals surface area contributed by atoms with Crippen LogP contribution in [0.15, 0.2) is 41.5 Å². The molecule has 0 saturated heterocycles. The van der Waals surface area contributed by atoms with Crippen molar-refractivity contribution in [3.8, 4) is 0 Å². The molecule has 0 bridgehead atoms. The number of nitrogens with zero attached hydrogens (tertiary/aromatic N) is 3. The predicted octanol–water partition coefficient (Wildman–Crippen LogP) is 2.67. The number of benzene rings is 1. The molecule has 4 nitrogen and oxygen atoms in total. The third-order valence-electron chi connectivity index (χ3n) is 3.18. The molecule has 0 radical (unpaired) electrons. The minimum absolute atomic E-state index is 0.148. The van der Waals surface area contributed by atoms with Crippen LogP contribution in [0.1, 0.15) is 19.4 Å². The van der Waals surface area contributed by atoms with Crippen LogP contribution in [0.4, 0.5) is 10.2 Å². The molecule has 2 rings (SSSR count). The minimum atomic E-state index is -0.275. The molecule has 112 valence electrons. The van der Waals surface area contributed by atoms with Gasteiger partial charge in [0.25, 0.3) is 5.56 Å². The van der Waals surface area contributed by atoms with Crippen LogP contribution in [-0.2, 0) is 13.1 Å². The SMILES string of the molecule is CC(C)Cn1ccnc(N(C)Cc2ccccc2F)c1=O. The fraction of sp³-hybridized carbons (Fsp3) is 0.375. The van der Waals surface area contributed by atoms with Crippen LogP contribution >= 0.6 is 0 Å². The van der Waals surface area contributed by atoms with E-state index < -0.39 is 0 Å². The number of rotatable bonds is 5. The predicted molar refractivity (Wildman–Crippen MR) is 81.8 cm³/mol. The summed E-state index contributed by atoms with van der Waals surface area (Å²) in [5.41, 5.74) is 0.394. The summed E-state index contributed by atoms with van der Waals surface area (Å²) in [6, 6.07) is 6.55. The van der Waals surface area contributed by atoms with E-state index in [1.54, 1.807) is 47.1 Å². The first-order chi connectivity index (χ1) is 9.99. The van der Waals surface area contributed by atoms with Gasteiger partial charge in [0.15, 0.2) is 5.82 Å². The Bertz CT molecular complexity index is 667. The average Bonchev–Trinajstić information content (AvgIpc) is 2.43. The van der Waals surface area contributed by atoms with Crippen LogP contribution in [-0.4, -0.2) is 16.6 Å². The summed E-state index contributed by atoms with van der Waals surface area (Å²) in [5.74, 6) is 0.430. The molecule has 2 aromatic rings. The van der Waals surface area contributed by atoms with Crippen molar-refractivity contribution in [2.45, 2.75) is 26.9 Å². The minimum Gasteiger partial charge on any atom is -0.351 e. The maximum atomic E-state index is 13.7. The Morgan fingerprint density at radius 3 is 2.71 bits per heavy atom. The highest BCUT2D eigenvalue weighted by molar-refractivity contribution is 5.36. The second-order valence-corrected chi connectivity index (χ2v) is 5.55. The maximum Gasteiger partial charge on any atom is 0.293 e. The smallest absolute Gasteiger partial charge is 0.293 e. The van der Waals surface area contributed by atoms with Crippen molar-refractivity contribution in [1.82, 2.24) is 9.55 Å². The lowest BCUT2D eigenvalue weighted by atomic mass is 10.2. The van der Waals surface area contributed by atoms with E-state index in [4.69, 9.17) is 0 Å². The highest BCUT2D eigenvalue weighted by Crippen LogP contribution is 2.12. The zero-order chi connectivity index (χ0) is 15.4. The fourth-order valence-corrected chi connectivity index (χ4v) is 2.19. The Hall–Kier alpha value is -2.17. The molecule has 5 heteroatoms. The van der Waals surface area contributed by atoms with Crippen LogP contribution in [0.5, 0.6) is 0 Å². The molecule has 1 heterocycles. The number of hydrogen-bond acceptors (Lipinski definition) is 3. The van der Waals surface area contributed by atoms with Crippen LogP contribution in [0.2, 0.25) is 0 Å². The van der Waals surface area contributed by atoms with Gasteiger partial charge in [-0.25, -0.2) is 9.37 Å². The topological polar surface area (TPSA) is 38.1 Å². The van der Waals surface area contributed by atoms with Gasteiger partial charge in [-0.1, -0.05) is 32.0 Å². The molecule has 0 N–H and O–H groups in total. The van der Waals surface area contributed by atoms with Gasteiger partial charge in [0.05, 0.1) is 0 Å². The van der Waals surface area contributed by atoms with Crippen LogP contribution < -0.4 is 10.5 Å². The first-order valence-electron chi connectivity index (χ1n) is 6.99. The number of hydrogen-bond donors (Lipinski definition) is 0. The normalized spacial score (nSPS) is 10.9. The van der Waals surface area contributed by atoms with E-state index >= 15 is 0 Å². The Morgan fingerprint density at radius 1 is 1.33 bits per heavy atom. The Labute approximate surface area is 123 Å². The monoisotopic (exact) mass is 289 g/mol. The van der Waals surface area contributed by atoms with Gasteiger partial charge in [-0.3, -0.25) is 4.79 Å². The molecule has 0 unspecified atom stereocenters. The van der Waals surface area contributed by atoms with E-state index in [-0.39, 0.29) is 11.4 Å². The number of aromatic nitrogens is 2. The fourth-order valence-electron chi connectivity index (χ4n) is 2.19. The zero-order valence-electron chi connectivity index (χ0n) is 12.6.